The minimum atomic E-state index is -2.57. The van der Waals surface area contributed by atoms with Crippen molar-refractivity contribution in [1.29, 1.82) is 0 Å². The van der Waals surface area contributed by atoms with Crippen LogP contribution in [0.5, 0.6) is 0 Å². The number of hydrogen-bond donors (Lipinski definition) is 1. The Labute approximate surface area is 118 Å². The van der Waals surface area contributed by atoms with E-state index < -0.39 is 30.9 Å². The molecule has 2 heterocycles. The van der Waals surface area contributed by atoms with E-state index in [2.05, 4.69) is 0 Å². The number of amides is 1. The Balaban J connectivity index is 2.26. The molecule has 1 fully saturated rings. The lowest BCUT2D eigenvalue weighted by atomic mass is 10.2. The fraction of sp³-hybridized carbons (Fsp3) is 0.500. The average Bonchev–Trinajstić information content (AvgIpc) is 2.94. The van der Waals surface area contributed by atoms with Gasteiger partial charge in [0, 0.05) is 11.9 Å². The first kappa shape index (κ1) is 14.8. The van der Waals surface area contributed by atoms with Crippen molar-refractivity contribution < 1.29 is 23.5 Å². The summed E-state index contributed by atoms with van der Waals surface area (Å²) in [5.74, 6) is -1.31. The maximum atomic E-state index is 12.5. The molecule has 1 amide bonds. The first-order valence-corrected chi connectivity index (χ1v) is 7.07. The van der Waals surface area contributed by atoms with Crippen molar-refractivity contribution in [2.24, 2.45) is 0 Å². The topological polar surface area (TPSA) is 62.5 Å². The normalized spacial score (nSPS) is 22.5. The molecule has 0 radical (unpaired) electrons. The summed E-state index contributed by atoms with van der Waals surface area (Å²) in [6.07, 6.45) is -1.18. The van der Waals surface area contributed by atoms with Gasteiger partial charge in [-0.3, -0.25) is 4.79 Å². The van der Waals surface area contributed by atoms with Gasteiger partial charge in [0.1, 0.15) is 11.7 Å². The van der Waals surface area contributed by atoms with E-state index in [9.17, 15) is 18.4 Å². The smallest absolute Gasteiger partial charge is 0.327 e. The number of rotatable bonds is 4. The minimum Gasteiger partial charge on any atom is -0.480 e. The molecule has 1 saturated heterocycles. The Morgan fingerprint density at radius 1 is 1.55 bits per heavy atom. The summed E-state index contributed by atoms with van der Waals surface area (Å²) in [5, 5.41) is 8.84. The number of aliphatic carboxylic acids is 1. The lowest BCUT2D eigenvalue weighted by Gasteiger charge is -2.25. The number of carbonyl (C=O) groups excluding carboxylic acids is 1. The van der Waals surface area contributed by atoms with Crippen molar-refractivity contribution in [3.8, 4) is 0 Å². The summed E-state index contributed by atoms with van der Waals surface area (Å²) < 4.78 is 26.1. The van der Waals surface area contributed by atoms with Crippen molar-refractivity contribution in [2.75, 3.05) is 5.75 Å². The Kier molecular flexibility index (Phi) is 4.32. The van der Waals surface area contributed by atoms with E-state index in [-0.39, 0.29) is 11.1 Å². The predicted octanol–water partition coefficient (Wildman–Crippen LogP) is 1.74. The van der Waals surface area contributed by atoms with E-state index in [0.717, 1.165) is 4.57 Å². The molecule has 0 aromatic carbocycles. The van der Waals surface area contributed by atoms with E-state index in [4.69, 9.17) is 5.11 Å². The Hall–Kier alpha value is -1.57. The number of nitrogens with zero attached hydrogens (tertiary/aromatic N) is 2. The second-order valence-corrected chi connectivity index (χ2v) is 5.78. The highest BCUT2D eigenvalue weighted by molar-refractivity contribution is 8.00. The molecule has 8 heteroatoms. The van der Waals surface area contributed by atoms with Gasteiger partial charge in [0.2, 0.25) is 0 Å². The van der Waals surface area contributed by atoms with Gasteiger partial charge in [-0.25, -0.2) is 13.6 Å². The molecule has 5 nitrogen and oxygen atoms in total. The van der Waals surface area contributed by atoms with Crippen molar-refractivity contribution in [2.45, 2.75) is 31.3 Å². The number of alkyl halides is 2. The Bertz CT molecular complexity index is 521. The van der Waals surface area contributed by atoms with Gasteiger partial charge < -0.3 is 14.6 Å². The second-order valence-electron chi connectivity index (χ2n) is 4.44. The predicted molar refractivity (Wildman–Crippen MR) is 69.9 cm³/mol. The third kappa shape index (κ3) is 2.79. The maximum absolute atomic E-state index is 12.5. The Morgan fingerprint density at radius 2 is 2.25 bits per heavy atom. The average molecular weight is 304 g/mol. The van der Waals surface area contributed by atoms with E-state index in [0.29, 0.717) is 5.75 Å². The summed E-state index contributed by atoms with van der Waals surface area (Å²) in [7, 11) is 0. The molecular formula is C12H14F2N2O3S. The van der Waals surface area contributed by atoms with Gasteiger partial charge in [0.05, 0.1) is 11.9 Å². The third-order valence-electron chi connectivity index (χ3n) is 3.13. The van der Waals surface area contributed by atoms with Gasteiger partial charge in [-0.2, -0.15) is 0 Å². The second kappa shape index (κ2) is 5.82. The molecule has 1 aromatic rings. The molecule has 1 aliphatic heterocycles. The SMILES string of the molecule is CC1SCC(C(=O)O)N1C(=O)c1cccn1CC(F)F. The molecule has 0 aliphatic carbocycles. The number of carbonyl (C=O) groups is 2. The molecule has 20 heavy (non-hydrogen) atoms. The number of halogens is 2. The van der Waals surface area contributed by atoms with Crippen LogP contribution in [0.1, 0.15) is 17.4 Å². The molecule has 1 aliphatic rings. The highest BCUT2D eigenvalue weighted by atomic mass is 32.2. The summed E-state index contributed by atoms with van der Waals surface area (Å²) >= 11 is 1.35. The van der Waals surface area contributed by atoms with Crippen LogP contribution in [-0.2, 0) is 11.3 Å². The summed E-state index contributed by atoms with van der Waals surface area (Å²) in [6, 6.07) is 2.01. The van der Waals surface area contributed by atoms with Crippen LogP contribution in [0, 0.1) is 0 Å². The fourth-order valence-electron chi connectivity index (χ4n) is 2.19. The molecular weight excluding hydrogens is 290 g/mol. The van der Waals surface area contributed by atoms with E-state index >= 15 is 0 Å². The van der Waals surface area contributed by atoms with Crippen molar-refractivity contribution in [1.82, 2.24) is 9.47 Å². The van der Waals surface area contributed by atoms with Crippen LogP contribution in [0.25, 0.3) is 0 Å². The lowest BCUT2D eigenvalue weighted by molar-refractivity contribution is -0.141. The Morgan fingerprint density at radius 3 is 2.85 bits per heavy atom. The first-order chi connectivity index (χ1) is 9.41. The zero-order valence-electron chi connectivity index (χ0n) is 10.7. The minimum absolute atomic E-state index is 0.0888. The van der Waals surface area contributed by atoms with Crippen LogP contribution < -0.4 is 0 Å². The van der Waals surface area contributed by atoms with Gasteiger partial charge in [-0.05, 0) is 19.1 Å². The number of aromatic nitrogens is 1. The van der Waals surface area contributed by atoms with Gasteiger partial charge >= 0.3 is 5.97 Å². The van der Waals surface area contributed by atoms with Crippen molar-refractivity contribution in [3.05, 3.63) is 24.0 Å². The van der Waals surface area contributed by atoms with Gasteiger partial charge in [-0.15, -0.1) is 11.8 Å². The van der Waals surface area contributed by atoms with Crippen LogP contribution in [0.4, 0.5) is 8.78 Å². The van der Waals surface area contributed by atoms with Crippen LogP contribution in [0.15, 0.2) is 18.3 Å². The summed E-state index contributed by atoms with van der Waals surface area (Å²) in [4.78, 5) is 24.8. The van der Waals surface area contributed by atoms with Crippen LogP contribution in [-0.4, -0.2) is 50.0 Å². The van der Waals surface area contributed by atoms with Gasteiger partial charge in [0.25, 0.3) is 12.3 Å². The quantitative estimate of drug-likeness (QED) is 0.920. The molecule has 110 valence electrons. The monoisotopic (exact) mass is 304 g/mol. The molecule has 2 rings (SSSR count). The van der Waals surface area contributed by atoms with Gasteiger partial charge in [0.15, 0.2) is 0 Å². The van der Waals surface area contributed by atoms with Crippen LogP contribution >= 0.6 is 11.8 Å². The number of carboxylic acid groups (broad SMARTS) is 1. The van der Waals surface area contributed by atoms with Gasteiger partial charge in [-0.1, -0.05) is 0 Å². The van der Waals surface area contributed by atoms with E-state index in [1.807, 2.05) is 0 Å². The van der Waals surface area contributed by atoms with Crippen molar-refractivity contribution in [3.63, 3.8) is 0 Å². The van der Waals surface area contributed by atoms with E-state index in [1.165, 1.54) is 35.0 Å². The molecule has 0 saturated carbocycles. The highest BCUT2D eigenvalue weighted by Crippen LogP contribution is 2.30. The number of thioether (sulfide) groups is 1. The van der Waals surface area contributed by atoms with E-state index in [1.54, 1.807) is 6.92 Å². The molecule has 1 N–H and O–H groups in total. The highest BCUT2D eigenvalue weighted by Gasteiger charge is 2.40. The maximum Gasteiger partial charge on any atom is 0.327 e. The zero-order valence-corrected chi connectivity index (χ0v) is 11.5. The molecule has 2 atom stereocenters. The summed E-state index contributed by atoms with van der Waals surface area (Å²) in [6.45, 7) is 1.15. The fourth-order valence-corrected chi connectivity index (χ4v) is 3.36. The largest absolute Gasteiger partial charge is 0.480 e. The number of carboxylic acids is 1. The van der Waals surface area contributed by atoms with Crippen LogP contribution in [0.2, 0.25) is 0 Å². The zero-order chi connectivity index (χ0) is 14.9. The lowest BCUT2D eigenvalue weighted by Crippen LogP contribution is -2.45. The molecule has 1 aromatic heterocycles. The first-order valence-electron chi connectivity index (χ1n) is 6.02. The third-order valence-corrected chi connectivity index (χ3v) is 4.34. The molecule has 0 bridgehead atoms. The standard InChI is InChI=1S/C12H14F2N2O3S/c1-7-16(9(6-20-7)12(18)19)11(17)8-3-2-4-15(8)5-10(13)14/h2-4,7,9-10H,5-6H2,1H3,(H,18,19). The summed E-state index contributed by atoms with van der Waals surface area (Å²) in [5.41, 5.74) is 0.0888. The van der Waals surface area contributed by atoms with Crippen LogP contribution in [0.3, 0.4) is 0 Å². The number of hydrogen-bond acceptors (Lipinski definition) is 3. The molecule has 0 spiro atoms. The molecule has 2 unspecified atom stereocenters. The van der Waals surface area contributed by atoms with Crippen molar-refractivity contribution >= 4 is 23.6 Å².